The number of aromatic nitrogens is 3. The Hall–Kier alpha value is -3.77. The van der Waals surface area contributed by atoms with Gasteiger partial charge in [0.25, 0.3) is 5.91 Å². The molecule has 5 rings (SSSR count). The van der Waals surface area contributed by atoms with Gasteiger partial charge in [-0.3, -0.25) is 4.79 Å². The molecule has 11 nitrogen and oxygen atoms in total. The van der Waals surface area contributed by atoms with Gasteiger partial charge in [-0.25, -0.2) is 4.98 Å². The van der Waals surface area contributed by atoms with Crippen molar-refractivity contribution >= 4 is 22.2 Å². The maximum Gasteiger partial charge on any atom is 0.289 e. The molecule has 1 aliphatic rings. The molecule has 1 aromatic carbocycles. The summed E-state index contributed by atoms with van der Waals surface area (Å²) in [5.41, 5.74) is 0.875. The minimum Gasteiger partial charge on any atom is -0.493 e. The van der Waals surface area contributed by atoms with E-state index < -0.39 is 0 Å². The zero-order valence-corrected chi connectivity index (χ0v) is 20.4. The Balaban J connectivity index is 1.52. The van der Waals surface area contributed by atoms with Gasteiger partial charge in [0.15, 0.2) is 23.3 Å². The average molecular weight is 501 g/mol. The summed E-state index contributed by atoms with van der Waals surface area (Å²) in [6.45, 7) is 2.39. The number of thiazole rings is 1. The lowest BCUT2D eigenvalue weighted by molar-refractivity contribution is -0.929. The van der Waals surface area contributed by atoms with Crippen molar-refractivity contribution < 1.29 is 33.4 Å². The van der Waals surface area contributed by atoms with E-state index in [0.29, 0.717) is 54.1 Å². The Morgan fingerprint density at radius 3 is 2.46 bits per heavy atom. The molecule has 0 radical (unpaired) electrons. The molecular formula is C23H26N5O6S+. The van der Waals surface area contributed by atoms with E-state index in [4.69, 9.17) is 18.6 Å². The normalized spacial score (nSPS) is 15.3. The second-order valence-corrected chi connectivity index (χ2v) is 9.07. The Labute approximate surface area is 205 Å². The average Bonchev–Trinajstić information content (AvgIpc) is 3.64. The fourth-order valence-corrected chi connectivity index (χ4v) is 5.68. The molecule has 1 fully saturated rings. The number of quaternary nitrogens is 1. The Kier molecular flexibility index (Phi) is 6.22. The molecule has 1 saturated heterocycles. The summed E-state index contributed by atoms with van der Waals surface area (Å²) in [5, 5.41) is 15.2. The predicted octanol–water partition coefficient (Wildman–Crippen LogP) is 1.25. The van der Waals surface area contributed by atoms with Crippen LogP contribution in [-0.2, 0) is 0 Å². The zero-order chi connectivity index (χ0) is 24.5. The first-order chi connectivity index (χ1) is 17.0. The lowest BCUT2D eigenvalue weighted by atomic mass is 10.0. The van der Waals surface area contributed by atoms with Gasteiger partial charge in [0.2, 0.25) is 16.6 Å². The van der Waals surface area contributed by atoms with Crippen LogP contribution in [0.3, 0.4) is 0 Å². The molecule has 0 bridgehead atoms. The topological polar surface area (TPSA) is 116 Å². The van der Waals surface area contributed by atoms with Crippen LogP contribution in [0.1, 0.15) is 27.0 Å². The number of fused-ring (bicyclic) bond motifs is 1. The summed E-state index contributed by atoms with van der Waals surface area (Å²) in [4.78, 5) is 21.3. The van der Waals surface area contributed by atoms with E-state index in [2.05, 4.69) is 10.1 Å². The summed E-state index contributed by atoms with van der Waals surface area (Å²) >= 11 is 1.38. The molecule has 12 heteroatoms. The molecule has 2 N–H and O–H groups in total. The molecule has 1 aliphatic heterocycles. The molecule has 0 unspecified atom stereocenters. The van der Waals surface area contributed by atoms with E-state index in [1.54, 1.807) is 38.4 Å². The number of benzene rings is 1. The highest BCUT2D eigenvalue weighted by molar-refractivity contribution is 7.17. The maximum absolute atomic E-state index is 12.8. The number of amides is 1. The van der Waals surface area contributed by atoms with Crippen LogP contribution in [0.5, 0.6) is 23.1 Å². The number of carbonyl (C=O) groups is 1. The third-order valence-corrected chi connectivity index (χ3v) is 7.35. The van der Waals surface area contributed by atoms with Crippen LogP contribution in [0.15, 0.2) is 41.3 Å². The molecule has 0 saturated carbocycles. The van der Waals surface area contributed by atoms with Crippen LogP contribution in [0.4, 0.5) is 0 Å². The van der Waals surface area contributed by atoms with Gasteiger partial charge in [-0.1, -0.05) is 11.3 Å². The molecule has 35 heavy (non-hydrogen) atoms. The van der Waals surface area contributed by atoms with Crippen molar-refractivity contribution in [3.8, 4) is 23.1 Å². The molecule has 4 heterocycles. The molecule has 184 valence electrons. The van der Waals surface area contributed by atoms with Gasteiger partial charge in [-0.05, 0) is 24.3 Å². The fourth-order valence-electron chi connectivity index (χ4n) is 4.56. The SMILES string of the molecule is COc1cc([C@@H](c2sc3ncnn3c2O)[NH+]2CCN(C(=O)c3ccco3)CC2)cc(OC)c1OC. The molecule has 0 aliphatic carbocycles. The van der Waals surface area contributed by atoms with Crippen molar-refractivity contribution in [1.82, 2.24) is 19.5 Å². The van der Waals surface area contributed by atoms with Gasteiger partial charge in [0.1, 0.15) is 11.2 Å². The second-order valence-electron chi connectivity index (χ2n) is 8.06. The predicted molar refractivity (Wildman–Crippen MR) is 126 cm³/mol. The summed E-state index contributed by atoms with van der Waals surface area (Å²) in [7, 11) is 4.70. The highest BCUT2D eigenvalue weighted by atomic mass is 32.1. The number of methoxy groups -OCH3 is 3. The lowest BCUT2D eigenvalue weighted by Gasteiger charge is -2.36. The highest BCUT2D eigenvalue weighted by Crippen LogP contribution is 2.42. The number of nitrogens with one attached hydrogen (secondary N) is 1. The van der Waals surface area contributed by atoms with E-state index in [0.717, 1.165) is 10.4 Å². The van der Waals surface area contributed by atoms with Crippen molar-refractivity contribution in [1.29, 1.82) is 0 Å². The smallest absolute Gasteiger partial charge is 0.289 e. The summed E-state index contributed by atoms with van der Waals surface area (Å²) in [5.74, 6) is 1.79. The van der Waals surface area contributed by atoms with Gasteiger partial charge >= 0.3 is 0 Å². The van der Waals surface area contributed by atoms with Crippen molar-refractivity contribution in [3.05, 3.63) is 53.1 Å². The molecule has 0 spiro atoms. The molecule has 4 aromatic rings. The minimum atomic E-state index is -0.280. The van der Waals surface area contributed by atoms with Crippen molar-refractivity contribution in [2.75, 3.05) is 47.5 Å². The first-order valence-corrected chi connectivity index (χ1v) is 11.9. The summed E-state index contributed by atoms with van der Waals surface area (Å²) < 4.78 is 23.4. The van der Waals surface area contributed by atoms with Crippen molar-refractivity contribution in [3.63, 3.8) is 0 Å². The van der Waals surface area contributed by atoms with E-state index in [-0.39, 0.29) is 17.8 Å². The Morgan fingerprint density at radius 2 is 1.89 bits per heavy atom. The standard InChI is InChI=1S/C23H25N5O6S/c1-31-16-11-14(12-17(32-2)19(16)33-3)18(20-22(30)28-23(35-20)24-13-25-28)26-6-8-27(9-7-26)21(29)15-5-4-10-34-15/h4-5,10-13,18,30H,6-9H2,1-3H3/p+1/t18-/m0/s1. The first kappa shape index (κ1) is 23.0. The molecule has 1 atom stereocenters. The van der Waals surface area contributed by atoms with Gasteiger partial charge in [0, 0.05) is 5.56 Å². The van der Waals surface area contributed by atoms with Crippen LogP contribution in [0.25, 0.3) is 4.96 Å². The number of nitrogens with zero attached hydrogens (tertiary/aromatic N) is 4. The van der Waals surface area contributed by atoms with E-state index >= 15 is 0 Å². The molecule has 1 amide bonds. The van der Waals surface area contributed by atoms with Crippen LogP contribution in [0.2, 0.25) is 0 Å². The van der Waals surface area contributed by atoms with Gasteiger partial charge in [0.05, 0.1) is 53.8 Å². The number of furan rings is 1. The number of piperazine rings is 1. The third kappa shape index (κ3) is 4.04. The van der Waals surface area contributed by atoms with Crippen LogP contribution in [0, 0.1) is 0 Å². The van der Waals surface area contributed by atoms with Crippen LogP contribution < -0.4 is 19.1 Å². The number of carbonyl (C=O) groups excluding carboxylic acids is 1. The van der Waals surface area contributed by atoms with E-state index in [9.17, 15) is 9.90 Å². The molecular weight excluding hydrogens is 474 g/mol. The largest absolute Gasteiger partial charge is 0.493 e. The van der Waals surface area contributed by atoms with Crippen molar-refractivity contribution in [2.24, 2.45) is 0 Å². The number of hydrogen-bond donors (Lipinski definition) is 2. The van der Waals surface area contributed by atoms with Crippen molar-refractivity contribution in [2.45, 2.75) is 6.04 Å². The Morgan fingerprint density at radius 1 is 1.17 bits per heavy atom. The second kappa shape index (κ2) is 9.47. The van der Waals surface area contributed by atoms with Crippen LogP contribution in [-0.4, -0.2) is 78.0 Å². The molecule has 3 aromatic heterocycles. The zero-order valence-electron chi connectivity index (χ0n) is 19.6. The number of ether oxygens (including phenoxy) is 3. The Bertz CT molecular complexity index is 1300. The maximum atomic E-state index is 12.8. The number of rotatable bonds is 7. The summed E-state index contributed by atoms with van der Waals surface area (Å²) in [6.07, 6.45) is 2.91. The highest BCUT2D eigenvalue weighted by Gasteiger charge is 2.37. The minimum absolute atomic E-state index is 0.0443. The summed E-state index contributed by atoms with van der Waals surface area (Å²) in [6, 6.07) is 6.90. The fraction of sp³-hybridized carbons (Fsp3) is 0.348. The first-order valence-electron chi connectivity index (χ1n) is 11.0. The van der Waals surface area contributed by atoms with Gasteiger partial charge < -0.3 is 33.5 Å². The van der Waals surface area contributed by atoms with E-state index in [1.807, 2.05) is 12.1 Å². The number of aromatic hydroxyl groups is 1. The lowest BCUT2D eigenvalue weighted by Crippen LogP contribution is -3.15. The van der Waals surface area contributed by atoms with Crippen LogP contribution >= 0.6 is 11.3 Å². The van der Waals surface area contributed by atoms with Gasteiger partial charge in [-0.15, -0.1) is 0 Å². The van der Waals surface area contributed by atoms with E-state index in [1.165, 1.54) is 33.3 Å². The number of hydrogen-bond acceptors (Lipinski definition) is 9. The third-order valence-electron chi connectivity index (χ3n) is 6.25. The monoisotopic (exact) mass is 500 g/mol. The van der Waals surface area contributed by atoms with Gasteiger partial charge in [-0.2, -0.15) is 9.61 Å². The quantitative estimate of drug-likeness (QED) is 0.390.